The van der Waals surface area contributed by atoms with E-state index in [0.29, 0.717) is 6.29 Å². The normalized spacial score (nSPS) is 18.3. The van der Waals surface area contributed by atoms with Gasteiger partial charge in [0.15, 0.2) is 12.4 Å². The highest BCUT2D eigenvalue weighted by molar-refractivity contribution is 5.57. The molecule has 6 heteroatoms. The summed E-state index contributed by atoms with van der Waals surface area (Å²) in [4.78, 5) is 14.8. The predicted octanol–water partition coefficient (Wildman–Crippen LogP) is -2.58. The summed E-state index contributed by atoms with van der Waals surface area (Å²) in [7, 11) is 1.41. The van der Waals surface area contributed by atoms with E-state index in [1.54, 1.807) is 0 Å². The van der Waals surface area contributed by atoms with Crippen molar-refractivity contribution < 1.29 is 25.0 Å². The van der Waals surface area contributed by atoms with Crippen LogP contribution in [0.2, 0.25) is 0 Å². The first kappa shape index (κ1) is 11.5. The van der Waals surface area contributed by atoms with Gasteiger partial charge in [0.25, 0.3) is 0 Å². The van der Waals surface area contributed by atoms with E-state index >= 15 is 0 Å². The topological polar surface area (TPSA) is 99.0 Å². The molecule has 0 fully saturated rings. The third kappa shape index (κ3) is 3.24. The minimum atomic E-state index is -1.43. The molecule has 6 nitrogen and oxygen atoms in total. The van der Waals surface area contributed by atoms with Crippen molar-refractivity contribution in [1.82, 2.24) is 5.48 Å². The Bertz CT molecular complexity index is 131. The summed E-state index contributed by atoms with van der Waals surface area (Å²) in [5.41, 5.74) is 2.19. The number of nitrogens with one attached hydrogen (secondary N) is 1. The number of hydroxylamine groups is 1. The van der Waals surface area contributed by atoms with Crippen molar-refractivity contribution in [2.24, 2.45) is 0 Å². The largest absolute Gasteiger partial charge is 0.394 e. The van der Waals surface area contributed by atoms with Crippen LogP contribution in [0.3, 0.4) is 0 Å². The lowest BCUT2D eigenvalue weighted by atomic mass is 10.1. The van der Waals surface area contributed by atoms with Gasteiger partial charge >= 0.3 is 0 Å². The zero-order valence-corrected chi connectivity index (χ0v) is 6.67. The fraction of sp³-hybridized carbons (Fsp3) is 0.833. The summed E-state index contributed by atoms with van der Waals surface area (Å²) in [5, 5.41) is 26.4. The molecule has 0 saturated heterocycles. The molecule has 72 valence electrons. The molecule has 0 aromatic heterocycles. The first-order chi connectivity index (χ1) is 5.67. The van der Waals surface area contributed by atoms with Crippen LogP contribution in [-0.2, 0) is 9.63 Å². The van der Waals surface area contributed by atoms with Crippen LogP contribution in [0.4, 0.5) is 0 Å². The van der Waals surface area contributed by atoms with Gasteiger partial charge in [-0.05, 0) is 0 Å². The van der Waals surface area contributed by atoms with E-state index in [1.165, 1.54) is 7.05 Å². The van der Waals surface area contributed by atoms with Crippen molar-refractivity contribution in [2.45, 2.75) is 18.3 Å². The van der Waals surface area contributed by atoms with Crippen molar-refractivity contribution in [3.63, 3.8) is 0 Å². The number of rotatable bonds is 6. The maximum Gasteiger partial charge on any atom is 0.162 e. The zero-order chi connectivity index (χ0) is 9.56. The minimum Gasteiger partial charge on any atom is -0.394 e. The molecule has 0 heterocycles. The summed E-state index contributed by atoms with van der Waals surface area (Å²) >= 11 is 0. The van der Waals surface area contributed by atoms with E-state index in [0.717, 1.165) is 0 Å². The average Bonchev–Trinajstić information content (AvgIpc) is 2.11. The SMILES string of the molecule is CNO[C@H](C=O)[C@H](O)[C@H](O)CO. The molecule has 0 spiro atoms. The molecule has 0 unspecified atom stereocenters. The van der Waals surface area contributed by atoms with Crippen LogP contribution in [0.25, 0.3) is 0 Å². The van der Waals surface area contributed by atoms with E-state index in [2.05, 4.69) is 10.3 Å². The van der Waals surface area contributed by atoms with Crippen molar-refractivity contribution in [3.05, 3.63) is 0 Å². The molecule has 0 aromatic rings. The molecule has 0 aliphatic rings. The van der Waals surface area contributed by atoms with Crippen LogP contribution >= 0.6 is 0 Å². The molecule has 0 aliphatic heterocycles. The fourth-order valence-corrected chi connectivity index (χ4v) is 0.641. The Balaban J connectivity index is 4.00. The summed E-state index contributed by atoms with van der Waals surface area (Å²) in [6.07, 6.45) is -3.66. The van der Waals surface area contributed by atoms with E-state index in [1.807, 2.05) is 0 Å². The van der Waals surface area contributed by atoms with Gasteiger partial charge in [0.2, 0.25) is 0 Å². The number of carbonyl (C=O) groups is 1. The van der Waals surface area contributed by atoms with Gasteiger partial charge in [0, 0.05) is 7.05 Å². The zero-order valence-electron chi connectivity index (χ0n) is 6.67. The van der Waals surface area contributed by atoms with Crippen molar-refractivity contribution in [3.8, 4) is 0 Å². The fourth-order valence-electron chi connectivity index (χ4n) is 0.641. The molecular formula is C6H13NO5. The lowest BCUT2D eigenvalue weighted by molar-refractivity contribution is -0.146. The number of aliphatic hydroxyl groups is 3. The quantitative estimate of drug-likeness (QED) is 0.264. The highest BCUT2D eigenvalue weighted by Gasteiger charge is 2.26. The summed E-state index contributed by atoms with van der Waals surface area (Å²) in [6.45, 7) is -0.626. The van der Waals surface area contributed by atoms with Gasteiger partial charge in [0.05, 0.1) is 6.61 Å². The summed E-state index contributed by atoms with van der Waals surface area (Å²) in [5.74, 6) is 0. The van der Waals surface area contributed by atoms with E-state index in [-0.39, 0.29) is 0 Å². The Labute approximate surface area is 69.7 Å². The Hall–Kier alpha value is -0.530. The Kier molecular flexibility index (Phi) is 5.77. The second-order valence-corrected chi connectivity index (χ2v) is 2.16. The molecule has 0 bridgehead atoms. The molecular weight excluding hydrogens is 166 g/mol. The predicted molar refractivity (Wildman–Crippen MR) is 39.1 cm³/mol. The molecule has 0 radical (unpaired) electrons. The van der Waals surface area contributed by atoms with Crippen molar-refractivity contribution >= 4 is 6.29 Å². The number of aliphatic hydroxyl groups excluding tert-OH is 3. The number of hydrogen-bond donors (Lipinski definition) is 4. The second-order valence-electron chi connectivity index (χ2n) is 2.16. The average molecular weight is 179 g/mol. The van der Waals surface area contributed by atoms with Gasteiger partial charge < -0.3 is 20.1 Å². The first-order valence-corrected chi connectivity index (χ1v) is 3.42. The van der Waals surface area contributed by atoms with E-state index in [9.17, 15) is 4.79 Å². The molecule has 0 amide bonds. The molecule has 4 N–H and O–H groups in total. The molecule has 0 aliphatic carbocycles. The molecule has 0 aromatic carbocycles. The van der Waals surface area contributed by atoms with Crippen LogP contribution in [0.5, 0.6) is 0 Å². The van der Waals surface area contributed by atoms with Crippen LogP contribution in [0.15, 0.2) is 0 Å². The lowest BCUT2D eigenvalue weighted by Gasteiger charge is -2.20. The van der Waals surface area contributed by atoms with Crippen LogP contribution < -0.4 is 5.48 Å². The first-order valence-electron chi connectivity index (χ1n) is 3.42. The highest BCUT2D eigenvalue weighted by Crippen LogP contribution is 2.00. The molecule has 3 atom stereocenters. The van der Waals surface area contributed by atoms with Crippen LogP contribution in [0, 0.1) is 0 Å². The highest BCUT2D eigenvalue weighted by atomic mass is 16.7. The van der Waals surface area contributed by atoms with Gasteiger partial charge in [-0.25, -0.2) is 5.48 Å². The number of aldehydes is 1. The Morgan fingerprint density at radius 1 is 1.58 bits per heavy atom. The lowest BCUT2D eigenvalue weighted by Crippen LogP contribution is -2.43. The van der Waals surface area contributed by atoms with Gasteiger partial charge in [0.1, 0.15) is 12.2 Å². The van der Waals surface area contributed by atoms with Crippen LogP contribution in [0.1, 0.15) is 0 Å². The maximum absolute atomic E-state index is 10.2. The van der Waals surface area contributed by atoms with Crippen molar-refractivity contribution in [1.29, 1.82) is 0 Å². The van der Waals surface area contributed by atoms with Gasteiger partial charge in [-0.15, -0.1) is 0 Å². The Morgan fingerprint density at radius 2 is 2.17 bits per heavy atom. The molecule has 12 heavy (non-hydrogen) atoms. The maximum atomic E-state index is 10.2. The third-order valence-electron chi connectivity index (χ3n) is 1.31. The number of hydrogen-bond acceptors (Lipinski definition) is 6. The van der Waals surface area contributed by atoms with E-state index in [4.69, 9.17) is 15.3 Å². The third-order valence-corrected chi connectivity index (χ3v) is 1.31. The number of carbonyl (C=O) groups excluding carboxylic acids is 1. The standard InChI is InChI=1S/C6H13NO5/c1-7-12-5(3-9)6(11)4(10)2-8/h3-8,10-11H,2H2,1H3/t4-,5-,6-/m1/s1. The Morgan fingerprint density at radius 3 is 2.50 bits per heavy atom. The molecule has 0 rings (SSSR count). The smallest absolute Gasteiger partial charge is 0.162 e. The minimum absolute atomic E-state index is 0.333. The van der Waals surface area contributed by atoms with Crippen LogP contribution in [-0.4, -0.2) is 53.6 Å². The van der Waals surface area contributed by atoms with Gasteiger partial charge in [-0.1, -0.05) is 0 Å². The van der Waals surface area contributed by atoms with Gasteiger partial charge in [-0.2, -0.15) is 0 Å². The monoisotopic (exact) mass is 179 g/mol. The summed E-state index contributed by atoms with van der Waals surface area (Å²) in [6, 6.07) is 0. The second kappa shape index (κ2) is 6.04. The summed E-state index contributed by atoms with van der Waals surface area (Å²) < 4.78 is 0. The van der Waals surface area contributed by atoms with Gasteiger partial charge in [-0.3, -0.25) is 4.84 Å². The van der Waals surface area contributed by atoms with Crippen molar-refractivity contribution in [2.75, 3.05) is 13.7 Å². The van der Waals surface area contributed by atoms with E-state index < -0.39 is 24.9 Å². The molecule has 0 saturated carbocycles.